The number of hydrogen-bond donors (Lipinski definition) is 3. The van der Waals surface area contributed by atoms with Crippen molar-refractivity contribution in [1.29, 1.82) is 0 Å². The Kier molecular flexibility index (Phi) is 10.5. The van der Waals surface area contributed by atoms with E-state index in [9.17, 15) is 27.9 Å². The Morgan fingerprint density at radius 1 is 1.00 bits per heavy atom. The van der Waals surface area contributed by atoms with Crippen molar-refractivity contribution >= 4 is 27.8 Å². The van der Waals surface area contributed by atoms with Crippen LogP contribution in [0.3, 0.4) is 0 Å². The van der Waals surface area contributed by atoms with Crippen LogP contribution in [0.15, 0.2) is 77.0 Å². The molecule has 0 bridgehead atoms. The summed E-state index contributed by atoms with van der Waals surface area (Å²) < 4.78 is 30.2. The molecule has 3 N–H and O–H groups in total. The molecule has 0 saturated carbocycles. The van der Waals surface area contributed by atoms with E-state index in [2.05, 4.69) is 10.6 Å². The molecule has 0 saturated heterocycles. The van der Waals surface area contributed by atoms with Crippen LogP contribution in [0.1, 0.15) is 32.3 Å². The second-order valence-corrected chi connectivity index (χ2v) is 9.80. The Bertz CT molecular complexity index is 1120. The van der Waals surface area contributed by atoms with Gasteiger partial charge in [-0.05, 0) is 29.7 Å². The van der Waals surface area contributed by atoms with Crippen molar-refractivity contribution in [2.45, 2.75) is 50.3 Å². The molecular formula is C25H30N2O7S. The first-order valence-corrected chi connectivity index (χ1v) is 12.6. The highest BCUT2D eigenvalue weighted by Gasteiger charge is 2.28. The van der Waals surface area contributed by atoms with Gasteiger partial charge >= 0.3 is 12.1 Å². The standard InChI is InChI=1S/C25H30N2O7S/c1-3-18(2)23(27-25(31)34-17-19-10-6-4-7-11-19)24(30)26-20(16-22(28)29)14-15-35(32,33)21-12-8-5-9-13-21/h4-15,18,20,23H,3,16-17H2,1-2H3,(H,26,30)(H,27,31)(H,28,29)/b15-14+/t18-,20+,23-/m0/s1. The van der Waals surface area contributed by atoms with E-state index in [-0.39, 0.29) is 17.4 Å². The van der Waals surface area contributed by atoms with Crippen molar-refractivity contribution in [3.8, 4) is 0 Å². The number of nitrogens with one attached hydrogen (secondary N) is 2. The van der Waals surface area contributed by atoms with Crippen molar-refractivity contribution in [3.63, 3.8) is 0 Å². The lowest BCUT2D eigenvalue weighted by Gasteiger charge is -2.25. The second-order valence-electron chi connectivity index (χ2n) is 7.97. The molecule has 2 aromatic carbocycles. The van der Waals surface area contributed by atoms with Crippen molar-refractivity contribution in [2.24, 2.45) is 5.92 Å². The average molecular weight is 503 g/mol. The van der Waals surface area contributed by atoms with Gasteiger partial charge in [0.15, 0.2) is 9.84 Å². The number of hydrogen-bond acceptors (Lipinski definition) is 6. The first-order chi connectivity index (χ1) is 16.6. The largest absolute Gasteiger partial charge is 0.481 e. The van der Waals surface area contributed by atoms with E-state index in [1.807, 2.05) is 13.0 Å². The Morgan fingerprint density at radius 2 is 1.60 bits per heavy atom. The van der Waals surface area contributed by atoms with Crippen LogP contribution < -0.4 is 10.6 Å². The van der Waals surface area contributed by atoms with Gasteiger partial charge in [-0.15, -0.1) is 0 Å². The summed E-state index contributed by atoms with van der Waals surface area (Å²) in [6.45, 7) is 3.61. The molecule has 2 rings (SSSR count). The van der Waals surface area contributed by atoms with Gasteiger partial charge in [-0.3, -0.25) is 9.59 Å². The van der Waals surface area contributed by atoms with Crippen LogP contribution in [0.2, 0.25) is 0 Å². The molecule has 9 nitrogen and oxygen atoms in total. The van der Waals surface area contributed by atoms with Gasteiger partial charge < -0.3 is 20.5 Å². The minimum Gasteiger partial charge on any atom is -0.481 e. The summed E-state index contributed by atoms with van der Waals surface area (Å²) in [4.78, 5) is 36.7. The second kappa shape index (κ2) is 13.3. The summed E-state index contributed by atoms with van der Waals surface area (Å²) >= 11 is 0. The summed E-state index contributed by atoms with van der Waals surface area (Å²) in [5.74, 6) is -2.18. The minimum atomic E-state index is -3.84. The lowest BCUT2D eigenvalue weighted by molar-refractivity contribution is -0.137. The molecule has 0 aliphatic rings. The molecule has 10 heteroatoms. The highest BCUT2D eigenvalue weighted by Crippen LogP contribution is 2.13. The molecule has 3 atom stereocenters. The van der Waals surface area contributed by atoms with E-state index in [1.54, 1.807) is 49.4 Å². The SMILES string of the molecule is CC[C@H](C)[C@H](NC(=O)OCc1ccccc1)C(=O)N[C@H](/C=C/S(=O)(=O)c1ccccc1)CC(=O)O. The highest BCUT2D eigenvalue weighted by molar-refractivity contribution is 7.94. The minimum absolute atomic E-state index is 0.0171. The summed E-state index contributed by atoms with van der Waals surface area (Å²) in [6.07, 6.45) is 0.318. The summed E-state index contributed by atoms with van der Waals surface area (Å²) in [6, 6.07) is 14.5. The van der Waals surface area contributed by atoms with Gasteiger partial charge in [0, 0.05) is 5.41 Å². The smallest absolute Gasteiger partial charge is 0.408 e. The summed E-state index contributed by atoms with van der Waals surface area (Å²) in [7, 11) is -3.84. The van der Waals surface area contributed by atoms with Crippen LogP contribution in [0.4, 0.5) is 4.79 Å². The van der Waals surface area contributed by atoms with Gasteiger partial charge in [-0.1, -0.05) is 68.8 Å². The summed E-state index contributed by atoms with van der Waals surface area (Å²) in [5.41, 5.74) is 0.776. The Morgan fingerprint density at radius 3 is 2.17 bits per heavy atom. The zero-order valence-corrected chi connectivity index (χ0v) is 20.4. The van der Waals surface area contributed by atoms with Gasteiger partial charge in [0.25, 0.3) is 0 Å². The molecule has 0 radical (unpaired) electrons. The third-order valence-corrected chi connectivity index (χ3v) is 6.71. The maximum atomic E-state index is 13.0. The molecule has 35 heavy (non-hydrogen) atoms. The fourth-order valence-corrected chi connectivity index (χ4v) is 4.20. The van der Waals surface area contributed by atoms with Gasteiger partial charge in [0.05, 0.1) is 17.4 Å². The zero-order valence-electron chi connectivity index (χ0n) is 19.6. The molecular weight excluding hydrogens is 472 g/mol. The van der Waals surface area contributed by atoms with E-state index in [4.69, 9.17) is 4.74 Å². The number of ether oxygens (including phenoxy) is 1. The number of alkyl carbamates (subject to hydrolysis) is 1. The van der Waals surface area contributed by atoms with Crippen LogP contribution in [0.25, 0.3) is 0 Å². The highest BCUT2D eigenvalue weighted by atomic mass is 32.2. The fraction of sp³-hybridized carbons (Fsp3) is 0.320. The number of amides is 2. The first-order valence-electron chi connectivity index (χ1n) is 11.1. The fourth-order valence-electron chi connectivity index (χ4n) is 3.11. The van der Waals surface area contributed by atoms with Gasteiger partial charge in [0.2, 0.25) is 5.91 Å². The number of carboxylic acids is 1. The van der Waals surface area contributed by atoms with Gasteiger partial charge in [0.1, 0.15) is 12.6 Å². The van der Waals surface area contributed by atoms with Crippen molar-refractivity contribution in [1.82, 2.24) is 10.6 Å². The first kappa shape index (κ1) is 27.6. The van der Waals surface area contributed by atoms with Crippen molar-refractivity contribution in [2.75, 3.05) is 0 Å². The van der Waals surface area contributed by atoms with E-state index in [0.29, 0.717) is 6.42 Å². The predicted octanol–water partition coefficient (Wildman–Crippen LogP) is 3.27. The molecule has 0 fully saturated rings. The van der Waals surface area contributed by atoms with E-state index >= 15 is 0 Å². The number of carbonyl (C=O) groups is 3. The zero-order chi connectivity index (χ0) is 25.8. The maximum absolute atomic E-state index is 13.0. The van der Waals surface area contributed by atoms with Crippen LogP contribution in [-0.4, -0.2) is 43.6 Å². The summed E-state index contributed by atoms with van der Waals surface area (Å²) in [5, 5.41) is 15.2. The van der Waals surface area contributed by atoms with Gasteiger partial charge in [-0.25, -0.2) is 13.2 Å². The van der Waals surface area contributed by atoms with Crippen molar-refractivity contribution < 1.29 is 32.6 Å². The Hall–Kier alpha value is -3.66. The number of rotatable bonds is 12. The monoisotopic (exact) mass is 502 g/mol. The molecule has 0 aromatic heterocycles. The Balaban J connectivity index is 2.11. The molecule has 0 spiro atoms. The molecule has 0 aliphatic heterocycles. The number of benzene rings is 2. The average Bonchev–Trinajstić information content (AvgIpc) is 2.85. The molecule has 2 aromatic rings. The lowest BCUT2D eigenvalue weighted by Crippen LogP contribution is -2.52. The van der Waals surface area contributed by atoms with E-state index in [0.717, 1.165) is 17.0 Å². The molecule has 0 heterocycles. The normalized spacial score (nSPS) is 14.0. The van der Waals surface area contributed by atoms with Crippen LogP contribution in [0, 0.1) is 5.92 Å². The van der Waals surface area contributed by atoms with Crippen molar-refractivity contribution in [3.05, 3.63) is 77.7 Å². The third kappa shape index (κ3) is 9.24. The number of carbonyl (C=O) groups excluding carboxylic acids is 2. The molecule has 0 unspecified atom stereocenters. The molecule has 188 valence electrons. The number of carboxylic acid groups (broad SMARTS) is 1. The van der Waals surface area contributed by atoms with Crippen LogP contribution >= 0.6 is 0 Å². The Labute approximate surface area is 205 Å². The van der Waals surface area contributed by atoms with E-state index in [1.165, 1.54) is 12.1 Å². The molecule has 0 aliphatic carbocycles. The topological polar surface area (TPSA) is 139 Å². The third-order valence-electron chi connectivity index (χ3n) is 5.27. The van der Waals surface area contributed by atoms with Gasteiger partial charge in [-0.2, -0.15) is 0 Å². The van der Waals surface area contributed by atoms with Crippen LogP contribution in [-0.2, 0) is 30.8 Å². The van der Waals surface area contributed by atoms with E-state index < -0.39 is 46.3 Å². The molecule has 2 amide bonds. The lowest BCUT2D eigenvalue weighted by atomic mass is 9.98. The predicted molar refractivity (Wildman–Crippen MR) is 130 cm³/mol. The quantitative estimate of drug-likeness (QED) is 0.405. The van der Waals surface area contributed by atoms with Crippen LogP contribution in [0.5, 0.6) is 0 Å². The number of aliphatic carboxylic acids is 1. The number of sulfone groups is 1. The maximum Gasteiger partial charge on any atom is 0.408 e.